The fraction of sp³-hybridized carbons (Fsp3) is 0. The van der Waals surface area contributed by atoms with E-state index >= 15 is 0 Å². The molecule has 0 spiro atoms. The molecule has 7 aromatic rings. The molecule has 6 aromatic carbocycles. The number of hydrogen-bond acceptors (Lipinski definition) is 2. The Morgan fingerprint density at radius 3 is 2.00 bits per heavy atom. The lowest BCUT2D eigenvalue weighted by Gasteiger charge is -2.27. The number of hydrogen-bond donors (Lipinski definition) is 0. The summed E-state index contributed by atoms with van der Waals surface area (Å²) in [6.07, 6.45) is 0. The van der Waals surface area contributed by atoms with Crippen molar-refractivity contribution in [1.82, 2.24) is 4.57 Å². The van der Waals surface area contributed by atoms with Crippen molar-refractivity contribution in [3.63, 3.8) is 0 Å². The van der Waals surface area contributed by atoms with Gasteiger partial charge in [0.05, 0.1) is 28.4 Å². The van der Waals surface area contributed by atoms with Gasteiger partial charge in [0.2, 0.25) is 0 Å². The Morgan fingerprint density at radius 2 is 1.25 bits per heavy atom. The number of nitrogens with zero attached hydrogens (tertiary/aromatic N) is 3. The summed E-state index contributed by atoms with van der Waals surface area (Å²) in [5, 5.41) is 14.3. The van der Waals surface area contributed by atoms with Crippen LogP contribution in [0.4, 0.5) is 17.1 Å². The molecular weight excluding hydrogens is 438 g/mol. The van der Waals surface area contributed by atoms with Crippen molar-refractivity contribution in [1.29, 1.82) is 5.26 Å². The van der Waals surface area contributed by atoms with Gasteiger partial charge in [-0.1, -0.05) is 60.7 Å². The van der Waals surface area contributed by atoms with Gasteiger partial charge in [0, 0.05) is 33.2 Å². The summed E-state index contributed by atoms with van der Waals surface area (Å²) in [5.41, 5.74) is 7.41. The zero-order valence-corrected chi connectivity index (χ0v) is 19.5. The molecule has 0 aliphatic carbocycles. The lowest BCUT2D eigenvalue weighted by atomic mass is 10.00. The lowest BCUT2D eigenvalue weighted by molar-refractivity contribution is 1.18. The molecule has 0 unspecified atom stereocenters. The Labute approximate surface area is 209 Å². The predicted octanol–water partition coefficient (Wildman–Crippen LogP) is 8.72. The van der Waals surface area contributed by atoms with Crippen LogP contribution < -0.4 is 4.90 Å². The van der Waals surface area contributed by atoms with Crippen LogP contribution in [0.2, 0.25) is 0 Å². The van der Waals surface area contributed by atoms with Crippen LogP contribution in [0, 0.1) is 11.3 Å². The summed E-state index contributed by atoms with van der Waals surface area (Å²) in [5.74, 6) is 0. The van der Waals surface area contributed by atoms with Crippen molar-refractivity contribution < 1.29 is 0 Å². The molecule has 7 rings (SSSR count). The fourth-order valence-corrected chi connectivity index (χ4v) is 5.41. The van der Waals surface area contributed by atoms with Crippen molar-refractivity contribution in [2.45, 2.75) is 0 Å². The van der Waals surface area contributed by atoms with Crippen LogP contribution in [0.1, 0.15) is 5.56 Å². The molecule has 0 saturated heterocycles. The second-order valence-electron chi connectivity index (χ2n) is 8.97. The second-order valence-corrected chi connectivity index (χ2v) is 8.97. The van der Waals surface area contributed by atoms with E-state index in [1.807, 2.05) is 30.3 Å². The highest BCUT2D eigenvalue weighted by molar-refractivity contribution is 6.26. The molecule has 0 fully saturated rings. The molecule has 0 aliphatic rings. The Bertz CT molecular complexity index is 1880. The molecular formula is C33H21N3. The number of benzene rings is 6. The van der Waals surface area contributed by atoms with Gasteiger partial charge in [0.1, 0.15) is 0 Å². The largest absolute Gasteiger partial charge is 0.310 e. The zero-order chi connectivity index (χ0) is 24.1. The van der Waals surface area contributed by atoms with Crippen LogP contribution in [0.25, 0.3) is 38.3 Å². The van der Waals surface area contributed by atoms with Crippen molar-refractivity contribution in [3.05, 3.63) is 133 Å². The first-order valence-corrected chi connectivity index (χ1v) is 12.0. The Morgan fingerprint density at radius 1 is 0.556 bits per heavy atom. The summed E-state index contributed by atoms with van der Waals surface area (Å²) in [7, 11) is 0. The van der Waals surface area contributed by atoms with Gasteiger partial charge >= 0.3 is 0 Å². The van der Waals surface area contributed by atoms with Crippen molar-refractivity contribution in [3.8, 4) is 11.8 Å². The maximum Gasteiger partial charge on any atom is 0.0991 e. The fourth-order valence-electron chi connectivity index (χ4n) is 5.41. The minimum Gasteiger partial charge on any atom is -0.310 e. The Kier molecular flexibility index (Phi) is 4.52. The van der Waals surface area contributed by atoms with Crippen LogP contribution in [0.3, 0.4) is 0 Å². The van der Waals surface area contributed by atoms with E-state index in [1.165, 1.54) is 32.6 Å². The summed E-state index contributed by atoms with van der Waals surface area (Å²) >= 11 is 0. The molecule has 0 radical (unpaired) electrons. The van der Waals surface area contributed by atoms with Crippen LogP contribution in [-0.2, 0) is 0 Å². The molecule has 0 aliphatic heterocycles. The van der Waals surface area contributed by atoms with Gasteiger partial charge in [-0.15, -0.1) is 0 Å². The highest BCUT2D eigenvalue weighted by Crippen LogP contribution is 2.45. The molecule has 3 heteroatoms. The van der Waals surface area contributed by atoms with Gasteiger partial charge in [0.15, 0.2) is 0 Å². The molecule has 1 heterocycles. The van der Waals surface area contributed by atoms with E-state index in [-0.39, 0.29) is 0 Å². The van der Waals surface area contributed by atoms with E-state index in [2.05, 4.69) is 113 Å². The number of anilines is 3. The SMILES string of the molecule is N#Cc1ccc(N(c2ccccc2)c2ccc3c4c2ccc2cccc(c24)n3-c2ccccc2)cc1. The van der Waals surface area contributed by atoms with Crippen LogP contribution >= 0.6 is 0 Å². The van der Waals surface area contributed by atoms with E-state index in [0.29, 0.717) is 5.56 Å². The predicted molar refractivity (Wildman–Crippen MR) is 149 cm³/mol. The normalized spacial score (nSPS) is 11.3. The maximum absolute atomic E-state index is 9.33. The average molecular weight is 460 g/mol. The van der Waals surface area contributed by atoms with E-state index in [1.54, 1.807) is 0 Å². The van der Waals surface area contributed by atoms with Gasteiger partial charge in [-0.25, -0.2) is 0 Å². The Balaban J connectivity index is 1.57. The highest BCUT2D eigenvalue weighted by Gasteiger charge is 2.21. The maximum atomic E-state index is 9.33. The Hall–Kier alpha value is -5.07. The molecule has 0 N–H and O–H groups in total. The summed E-state index contributed by atoms with van der Waals surface area (Å²) < 4.78 is 2.36. The van der Waals surface area contributed by atoms with Gasteiger partial charge in [0.25, 0.3) is 0 Å². The number of para-hydroxylation sites is 2. The first-order valence-electron chi connectivity index (χ1n) is 12.0. The molecule has 0 saturated carbocycles. The van der Waals surface area contributed by atoms with Crippen LogP contribution in [0.15, 0.2) is 127 Å². The minimum atomic E-state index is 0.652. The molecule has 0 bridgehead atoms. The zero-order valence-electron chi connectivity index (χ0n) is 19.5. The number of aromatic nitrogens is 1. The smallest absolute Gasteiger partial charge is 0.0991 e. The standard InChI is InChI=1S/C33H21N3/c34-22-23-14-17-27(18-15-23)35(25-9-3-1-4-10-25)29-20-21-31-33-28(29)19-16-24-8-7-13-30(32(24)33)36(31)26-11-5-2-6-12-26/h1-21H. The third-order valence-corrected chi connectivity index (χ3v) is 6.96. The highest BCUT2D eigenvalue weighted by atomic mass is 15.1. The third-order valence-electron chi connectivity index (χ3n) is 6.96. The molecule has 3 nitrogen and oxygen atoms in total. The first kappa shape index (κ1) is 20.3. The third kappa shape index (κ3) is 2.99. The van der Waals surface area contributed by atoms with E-state index in [0.717, 1.165) is 22.7 Å². The van der Waals surface area contributed by atoms with Gasteiger partial charge in [-0.3, -0.25) is 0 Å². The van der Waals surface area contributed by atoms with Crippen molar-refractivity contribution in [2.24, 2.45) is 0 Å². The summed E-state index contributed by atoms with van der Waals surface area (Å²) in [6.45, 7) is 0. The first-order chi connectivity index (χ1) is 17.8. The molecule has 168 valence electrons. The summed E-state index contributed by atoms with van der Waals surface area (Å²) in [6, 6.07) is 46.5. The number of rotatable bonds is 4. The van der Waals surface area contributed by atoms with Crippen LogP contribution in [0.5, 0.6) is 0 Å². The topological polar surface area (TPSA) is 32.0 Å². The monoisotopic (exact) mass is 459 g/mol. The lowest BCUT2D eigenvalue weighted by Crippen LogP contribution is -2.10. The van der Waals surface area contributed by atoms with Gasteiger partial charge in [-0.05, 0) is 72.1 Å². The van der Waals surface area contributed by atoms with Gasteiger partial charge in [-0.2, -0.15) is 5.26 Å². The molecule has 0 atom stereocenters. The molecule has 0 amide bonds. The van der Waals surface area contributed by atoms with Crippen molar-refractivity contribution >= 4 is 49.6 Å². The second kappa shape index (κ2) is 8.01. The molecule has 1 aromatic heterocycles. The average Bonchev–Trinajstić information content (AvgIpc) is 3.29. The quantitative estimate of drug-likeness (QED) is 0.247. The molecule has 36 heavy (non-hydrogen) atoms. The van der Waals surface area contributed by atoms with E-state index in [9.17, 15) is 5.26 Å². The van der Waals surface area contributed by atoms with Crippen molar-refractivity contribution in [2.75, 3.05) is 4.90 Å². The number of nitriles is 1. The summed E-state index contributed by atoms with van der Waals surface area (Å²) in [4.78, 5) is 2.28. The minimum absolute atomic E-state index is 0.652. The van der Waals surface area contributed by atoms with Gasteiger partial charge < -0.3 is 9.47 Å². The van der Waals surface area contributed by atoms with E-state index < -0.39 is 0 Å². The van der Waals surface area contributed by atoms with E-state index in [4.69, 9.17) is 0 Å². The van der Waals surface area contributed by atoms with Crippen LogP contribution in [-0.4, -0.2) is 4.57 Å².